The van der Waals surface area contributed by atoms with Gasteiger partial charge in [-0.25, -0.2) is 19.2 Å². The molecule has 0 aromatic carbocycles. The van der Waals surface area contributed by atoms with Crippen molar-refractivity contribution in [3.05, 3.63) is 70.1 Å². The Morgan fingerprint density at radius 3 is 3.00 bits per heavy atom. The third-order valence-electron chi connectivity index (χ3n) is 4.98. The minimum atomic E-state index is -0.0712. The summed E-state index contributed by atoms with van der Waals surface area (Å²) in [5, 5.41) is 13.5. The van der Waals surface area contributed by atoms with Crippen molar-refractivity contribution < 1.29 is 0 Å². The Hall–Kier alpha value is -2.95. The zero-order chi connectivity index (χ0) is 19.3. The van der Waals surface area contributed by atoms with E-state index < -0.39 is 0 Å². The van der Waals surface area contributed by atoms with Crippen LogP contribution in [-0.4, -0.2) is 29.4 Å². The molecule has 8 nitrogen and oxygen atoms in total. The number of aromatic nitrogens is 6. The molecule has 1 aliphatic rings. The fraction of sp³-hybridized carbons (Fsp3) is 0.158. The van der Waals surface area contributed by atoms with Crippen LogP contribution in [0.15, 0.2) is 55.2 Å². The lowest BCUT2D eigenvalue weighted by Gasteiger charge is -2.21. The molecule has 0 saturated carbocycles. The molecule has 4 aromatic heterocycles. The summed E-state index contributed by atoms with van der Waals surface area (Å²) in [7, 11) is 0. The molecule has 0 spiro atoms. The second-order valence-corrected chi connectivity index (χ2v) is 7.62. The molecular weight excluding hydrogens is 467 g/mol. The SMILES string of the molecule is CC(c1cc2cccnn2c1C1C=CC=CN1)n1nc(I)c2c(N)ncnc21. The molecule has 0 aliphatic carbocycles. The molecule has 0 fully saturated rings. The average molecular weight is 484 g/mol. The van der Waals surface area contributed by atoms with E-state index in [2.05, 4.69) is 68.1 Å². The Bertz CT molecular complexity index is 1250. The molecule has 0 radical (unpaired) electrons. The quantitative estimate of drug-likeness (QED) is 0.434. The van der Waals surface area contributed by atoms with Gasteiger partial charge in [-0.05, 0) is 60.0 Å². The van der Waals surface area contributed by atoms with Gasteiger partial charge in [0.25, 0.3) is 0 Å². The lowest BCUT2D eigenvalue weighted by atomic mass is 10.0. The van der Waals surface area contributed by atoms with Crippen LogP contribution in [0.3, 0.4) is 0 Å². The smallest absolute Gasteiger partial charge is 0.165 e. The summed E-state index contributed by atoms with van der Waals surface area (Å²) in [6.45, 7) is 2.11. The molecule has 2 unspecified atom stereocenters. The number of nitrogens with one attached hydrogen (secondary N) is 1. The van der Waals surface area contributed by atoms with Gasteiger partial charge in [0.2, 0.25) is 0 Å². The van der Waals surface area contributed by atoms with E-state index in [9.17, 15) is 0 Å². The van der Waals surface area contributed by atoms with E-state index in [1.54, 1.807) is 6.20 Å². The number of hydrogen-bond donors (Lipinski definition) is 2. The van der Waals surface area contributed by atoms with E-state index in [-0.39, 0.29) is 12.1 Å². The van der Waals surface area contributed by atoms with E-state index in [4.69, 9.17) is 10.8 Å². The highest BCUT2D eigenvalue weighted by Crippen LogP contribution is 2.33. The predicted octanol–water partition coefficient (Wildman–Crippen LogP) is 2.98. The van der Waals surface area contributed by atoms with Crippen LogP contribution in [0.1, 0.15) is 30.3 Å². The molecule has 0 bridgehead atoms. The van der Waals surface area contributed by atoms with Crippen LogP contribution < -0.4 is 11.1 Å². The van der Waals surface area contributed by atoms with Gasteiger partial charge in [-0.1, -0.05) is 12.2 Å². The van der Waals surface area contributed by atoms with Crippen molar-refractivity contribution >= 4 is 45.0 Å². The molecule has 5 heterocycles. The third-order valence-corrected chi connectivity index (χ3v) is 5.74. The van der Waals surface area contributed by atoms with Crippen LogP contribution >= 0.6 is 22.6 Å². The highest BCUT2D eigenvalue weighted by Gasteiger charge is 2.26. The standard InChI is InChI=1S/C19H17IN8/c1-11(27-19-15(17(20)26-27)18(21)23-10-24-19)13-9-12-5-4-8-25-28(12)16(13)14-6-2-3-7-22-14/h2-11,14,22H,1H3,(H2,21,23,24). The third kappa shape index (κ3) is 2.57. The number of allylic oxidation sites excluding steroid dienone is 2. The highest BCUT2D eigenvalue weighted by molar-refractivity contribution is 14.1. The van der Waals surface area contributed by atoms with Gasteiger partial charge >= 0.3 is 0 Å². The van der Waals surface area contributed by atoms with Crippen molar-refractivity contribution in [2.24, 2.45) is 0 Å². The van der Waals surface area contributed by atoms with Crippen LogP contribution in [0.4, 0.5) is 5.82 Å². The van der Waals surface area contributed by atoms with Crippen LogP contribution in [-0.2, 0) is 0 Å². The largest absolute Gasteiger partial charge is 0.383 e. The average Bonchev–Trinajstić information content (AvgIpc) is 3.27. The van der Waals surface area contributed by atoms with E-state index in [1.807, 2.05) is 33.6 Å². The molecule has 3 N–H and O–H groups in total. The van der Waals surface area contributed by atoms with Crippen LogP contribution in [0, 0.1) is 3.70 Å². The summed E-state index contributed by atoms with van der Waals surface area (Å²) in [4.78, 5) is 8.55. The first kappa shape index (κ1) is 17.2. The first-order chi connectivity index (χ1) is 13.6. The first-order valence-electron chi connectivity index (χ1n) is 8.85. The van der Waals surface area contributed by atoms with Crippen molar-refractivity contribution in [1.29, 1.82) is 0 Å². The Balaban J connectivity index is 1.72. The molecular formula is C19H17IN8. The van der Waals surface area contributed by atoms with Gasteiger partial charge in [0.15, 0.2) is 5.65 Å². The van der Waals surface area contributed by atoms with E-state index in [0.717, 1.165) is 31.5 Å². The van der Waals surface area contributed by atoms with Crippen molar-refractivity contribution in [1.82, 2.24) is 34.7 Å². The lowest BCUT2D eigenvalue weighted by molar-refractivity contribution is 0.559. The molecule has 140 valence electrons. The molecule has 28 heavy (non-hydrogen) atoms. The van der Waals surface area contributed by atoms with Crippen molar-refractivity contribution in [3.63, 3.8) is 0 Å². The number of nitrogens with zero attached hydrogens (tertiary/aromatic N) is 6. The van der Waals surface area contributed by atoms with Gasteiger partial charge in [0.1, 0.15) is 15.8 Å². The summed E-state index contributed by atoms with van der Waals surface area (Å²) >= 11 is 2.18. The number of dihydropyridines is 1. The fourth-order valence-electron chi connectivity index (χ4n) is 3.67. The zero-order valence-corrected chi connectivity index (χ0v) is 17.1. The van der Waals surface area contributed by atoms with Crippen molar-refractivity contribution in [2.45, 2.75) is 19.0 Å². The molecule has 4 aromatic rings. The Labute approximate surface area is 174 Å². The predicted molar refractivity (Wildman–Crippen MR) is 116 cm³/mol. The maximum Gasteiger partial charge on any atom is 0.165 e. The highest BCUT2D eigenvalue weighted by atomic mass is 127. The minimum absolute atomic E-state index is 0.0143. The Morgan fingerprint density at radius 2 is 2.18 bits per heavy atom. The van der Waals surface area contributed by atoms with Gasteiger partial charge in [-0.2, -0.15) is 10.2 Å². The minimum Gasteiger partial charge on any atom is -0.383 e. The van der Waals surface area contributed by atoms with Crippen molar-refractivity contribution in [2.75, 3.05) is 5.73 Å². The monoisotopic (exact) mass is 484 g/mol. The van der Waals surface area contributed by atoms with Gasteiger partial charge in [-0.15, -0.1) is 0 Å². The number of halogens is 1. The zero-order valence-electron chi connectivity index (χ0n) is 15.0. The molecule has 5 rings (SSSR count). The molecule has 1 aliphatic heterocycles. The van der Waals surface area contributed by atoms with Crippen molar-refractivity contribution in [3.8, 4) is 0 Å². The van der Waals surface area contributed by atoms with Crippen LogP contribution in [0.25, 0.3) is 16.6 Å². The number of nitrogens with two attached hydrogens (primary N) is 1. The maximum atomic E-state index is 6.07. The van der Waals surface area contributed by atoms with Gasteiger partial charge in [0, 0.05) is 11.8 Å². The lowest BCUT2D eigenvalue weighted by Crippen LogP contribution is -2.21. The molecule has 2 atom stereocenters. The summed E-state index contributed by atoms with van der Waals surface area (Å²) in [6.07, 6.45) is 11.4. The first-order valence-corrected chi connectivity index (χ1v) is 9.93. The van der Waals surface area contributed by atoms with Crippen LogP contribution in [0.2, 0.25) is 0 Å². The maximum absolute atomic E-state index is 6.07. The molecule has 9 heteroatoms. The summed E-state index contributed by atoms with van der Waals surface area (Å²) in [5.74, 6) is 0.443. The Kier molecular flexibility index (Phi) is 4.04. The van der Waals surface area contributed by atoms with E-state index >= 15 is 0 Å². The number of hydrogen-bond acceptors (Lipinski definition) is 6. The topological polar surface area (TPSA) is 99.0 Å². The molecule has 0 amide bonds. The van der Waals surface area contributed by atoms with Gasteiger partial charge in [-0.3, -0.25) is 0 Å². The number of nitrogen functional groups attached to an aromatic ring is 1. The summed E-state index contributed by atoms with van der Waals surface area (Å²) < 4.78 is 4.68. The van der Waals surface area contributed by atoms with Gasteiger partial charge < -0.3 is 11.1 Å². The Morgan fingerprint density at radius 1 is 1.29 bits per heavy atom. The van der Waals surface area contributed by atoms with E-state index in [0.29, 0.717) is 5.82 Å². The fourth-order valence-corrected chi connectivity index (χ4v) is 4.42. The second kappa shape index (κ2) is 6.59. The number of fused-ring (bicyclic) bond motifs is 2. The molecule has 0 saturated heterocycles. The van der Waals surface area contributed by atoms with Gasteiger partial charge in [0.05, 0.1) is 28.7 Å². The number of rotatable bonds is 3. The normalized spacial score (nSPS) is 17.3. The van der Waals surface area contributed by atoms with E-state index in [1.165, 1.54) is 6.33 Å². The summed E-state index contributed by atoms with van der Waals surface area (Å²) in [6, 6.07) is 6.10. The van der Waals surface area contributed by atoms with Crippen LogP contribution in [0.5, 0.6) is 0 Å². The second-order valence-electron chi connectivity index (χ2n) is 6.60. The summed E-state index contributed by atoms with van der Waals surface area (Å²) in [5.41, 5.74) is 10.0. The number of anilines is 1.